The standard InChI is InChI=1S/C18H18N4O4/c1-18(22-10-4-7-14(24)20-17(22)26)12-6-3-5-11(8-9-13(19)23)15(12)21(2)16(18)25/h3-9H,10H2,1-2H3,(H2,19,23)(H,20,24,26). The monoisotopic (exact) mass is 354 g/mol. The molecule has 3 N–H and O–H groups in total. The van der Waals surface area contributed by atoms with Gasteiger partial charge >= 0.3 is 6.03 Å². The van der Waals surface area contributed by atoms with E-state index in [2.05, 4.69) is 5.32 Å². The lowest BCUT2D eigenvalue weighted by molar-refractivity contribution is -0.127. The van der Waals surface area contributed by atoms with Crippen molar-refractivity contribution in [1.29, 1.82) is 0 Å². The van der Waals surface area contributed by atoms with Crippen molar-refractivity contribution in [2.45, 2.75) is 12.5 Å². The number of carbonyl (C=O) groups is 4. The Labute approximate surface area is 149 Å². The van der Waals surface area contributed by atoms with Gasteiger partial charge in [0.05, 0.1) is 5.69 Å². The summed E-state index contributed by atoms with van der Waals surface area (Å²) in [6, 6.07) is 4.60. The number of primary amides is 1. The Kier molecular flexibility index (Phi) is 4.11. The molecule has 8 nitrogen and oxygen atoms in total. The first-order chi connectivity index (χ1) is 12.3. The van der Waals surface area contributed by atoms with Crippen molar-refractivity contribution in [2.24, 2.45) is 5.73 Å². The predicted octanol–water partition coefficient (Wildman–Crippen LogP) is 0.485. The third kappa shape index (κ3) is 2.55. The molecule has 3 rings (SSSR count). The zero-order valence-corrected chi connectivity index (χ0v) is 14.4. The smallest absolute Gasteiger partial charge is 0.325 e. The molecule has 0 saturated heterocycles. The van der Waals surface area contributed by atoms with Crippen molar-refractivity contribution < 1.29 is 19.2 Å². The molecular formula is C18H18N4O4. The van der Waals surface area contributed by atoms with Crippen molar-refractivity contribution in [3.63, 3.8) is 0 Å². The van der Waals surface area contributed by atoms with Gasteiger partial charge in [0.1, 0.15) is 5.54 Å². The third-order valence-electron chi connectivity index (χ3n) is 4.65. The predicted molar refractivity (Wildman–Crippen MR) is 94.8 cm³/mol. The zero-order chi connectivity index (χ0) is 19.1. The number of benzene rings is 1. The normalized spacial score (nSPS) is 22.6. The molecule has 1 aromatic rings. The van der Waals surface area contributed by atoms with E-state index in [-0.39, 0.29) is 12.5 Å². The molecule has 0 aromatic heterocycles. The summed E-state index contributed by atoms with van der Waals surface area (Å²) in [5, 5.41) is 2.23. The van der Waals surface area contributed by atoms with Gasteiger partial charge in [-0.3, -0.25) is 19.7 Å². The zero-order valence-electron chi connectivity index (χ0n) is 14.4. The Bertz CT molecular complexity index is 889. The summed E-state index contributed by atoms with van der Waals surface area (Å²) in [7, 11) is 1.60. The van der Waals surface area contributed by atoms with Crippen LogP contribution < -0.4 is 16.0 Å². The third-order valence-corrected chi connectivity index (χ3v) is 4.65. The van der Waals surface area contributed by atoms with Crippen LogP contribution in [-0.2, 0) is 19.9 Å². The van der Waals surface area contributed by atoms with Gasteiger partial charge in [0.2, 0.25) is 5.91 Å². The second kappa shape index (κ2) is 6.14. The number of nitrogens with two attached hydrogens (primary N) is 1. The summed E-state index contributed by atoms with van der Waals surface area (Å²) < 4.78 is 0. The highest BCUT2D eigenvalue weighted by Crippen LogP contribution is 2.45. The van der Waals surface area contributed by atoms with Gasteiger partial charge in [-0.05, 0) is 18.6 Å². The van der Waals surface area contributed by atoms with Crippen LogP contribution in [0.15, 0.2) is 36.4 Å². The first kappa shape index (κ1) is 17.4. The van der Waals surface area contributed by atoms with E-state index in [9.17, 15) is 19.2 Å². The Morgan fingerprint density at radius 2 is 2.04 bits per heavy atom. The molecule has 0 saturated carbocycles. The Hall–Kier alpha value is -3.42. The van der Waals surface area contributed by atoms with Crippen molar-refractivity contribution in [1.82, 2.24) is 10.2 Å². The molecule has 0 radical (unpaired) electrons. The molecule has 134 valence electrons. The number of para-hydroxylation sites is 1. The topological polar surface area (TPSA) is 113 Å². The van der Waals surface area contributed by atoms with Gasteiger partial charge in [-0.15, -0.1) is 0 Å². The average molecular weight is 354 g/mol. The molecule has 8 heteroatoms. The second-order valence-electron chi connectivity index (χ2n) is 6.22. The summed E-state index contributed by atoms with van der Waals surface area (Å²) in [6.07, 6.45) is 5.54. The molecule has 5 amide bonds. The number of hydrogen-bond acceptors (Lipinski definition) is 4. The highest BCUT2D eigenvalue weighted by molar-refractivity contribution is 6.12. The van der Waals surface area contributed by atoms with E-state index < -0.39 is 23.4 Å². The fourth-order valence-corrected chi connectivity index (χ4v) is 3.39. The fraction of sp³-hybridized carbons (Fsp3) is 0.222. The lowest BCUT2D eigenvalue weighted by atomic mass is 9.90. The summed E-state index contributed by atoms with van der Waals surface area (Å²) in [5.41, 5.74) is 5.69. The molecular weight excluding hydrogens is 336 g/mol. The number of carbonyl (C=O) groups excluding carboxylic acids is 4. The molecule has 0 aliphatic carbocycles. The van der Waals surface area contributed by atoms with Gasteiger partial charge in [-0.2, -0.15) is 0 Å². The van der Waals surface area contributed by atoms with Crippen LogP contribution in [0, 0.1) is 0 Å². The van der Waals surface area contributed by atoms with Crippen LogP contribution in [0.25, 0.3) is 6.08 Å². The maximum Gasteiger partial charge on any atom is 0.325 e. The van der Waals surface area contributed by atoms with Crippen molar-refractivity contribution in [3.05, 3.63) is 47.6 Å². The number of rotatable bonds is 3. The average Bonchev–Trinajstić information content (AvgIpc) is 2.71. The van der Waals surface area contributed by atoms with Crippen molar-refractivity contribution >= 4 is 35.5 Å². The van der Waals surface area contributed by atoms with E-state index in [0.717, 1.165) is 0 Å². The van der Waals surface area contributed by atoms with Crippen LogP contribution in [0.4, 0.5) is 10.5 Å². The molecule has 1 aromatic carbocycles. The molecule has 0 bridgehead atoms. The Morgan fingerprint density at radius 3 is 2.73 bits per heavy atom. The Morgan fingerprint density at radius 1 is 1.31 bits per heavy atom. The van der Waals surface area contributed by atoms with E-state index in [1.807, 2.05) is 0 Å². The van der Waals surface area contributed by atoms with Gasteiger partial charge in [0, 0.05) is 31.3 Å². The van der Waals surface area contributed by atoms with Crippen molar-refractivity contribution in [3.8, 4) is 0 Å². The lowest BCUT2D eigenvalue weighted by Crippen LogP contribution is -2.56. The number of urea groups is 1. The Balaban J connectivity index is 2.14. The SMILES string of the molecule is CN1C(=O)C(C)(N2CC=CC(=O)NC2=O)c2cccc(C=CC(N)=O)c21. The number of imide groups is 1. The fourth-order valence-electron chi connectivity index (χ4n) is 3.39. The van der Waals surface area contributed by atoms with Crippen molar-refractivity contribution in [2.75, 3.05) is 18.5 Å². The minimum Gasteiger partial charge on any atom is -0.366 e. The minimum absolute atomic E-state index is 0.106. The quantitative estimate of drug-likeness (QED) is 0.769. The van der Waals surface area contributed by atoms with Gasteiger partial charge in [0.15, 0.2) is 0 Å². The minimum atomic E-state index is -1.29. The van der Waals surface area contributed by atoms with Gasteiger partial charge in [-0.1, -0.05) is 24.3 Å². The number of nitrogens with zero attached hydrogens (tertiary/aromatic N) is 2. The highest BCUT2D eigenvalue weighted by atomic mass is 16.2. The van der Waals surface area contributed by atoms with E-state index in [0.29, 0.717) is 16.8 Å². The van der Waals surface area contributed by atoms with Gasteiger partial charge in [-0.25, -0.2) is 4.79 Å². The number of fused-ring (bicyclic) bond motifs is 1. The van der Waals surface area contributed by atoms with E-state index >= 15 is 0 Å². The molecule has 26 heavy (non-hydrogen) atoms. The summed E-state index contributed by atoms with van der Waals surface area (Å²) in [4.78, 5) is 51.0. The molecule has 0 fully saturated rings. The number of likely N-dealkylation sites (N-methyl/N-ethyl adjacent to an activating group) is 1. The van der Waals surface area contributed by atoms with Crippen LogP contribution in [0.3, 0.4) is 0 Å². The summed E-state index contributed by atoms with van der Waals surface area (Å²) in [6.45, 7) is 1.75. The van der Waals surface area contributed by atoms with Gasteiger partial charge in [0.25, 0.3) is 11.8 Å². The summed E-state index contributed by atoms with van der Waals surface area (Å²) >= 11 is 0. The molecule has 1 atom stereocenters. The number of hydrogen-bond donors (Lipinski definition) is 2. The van der Waals surface area contributed by atoms with Crippen LogP contribution >= 0.6 is 0 Å². The summed E-state index contributed by atoms with van der Waals surface area (Å²) in [5.74, 6) is -1.45. The number of nitrogens with one attached hydrogen (secondary N) is 1. The number of amides is 5. The van der Waals surface area contributed by atoms with E-state index in [1.54, 1.807) is 32.2 Å². The van der Waals surface area contributed by atoms with Crippen LogP contribution in [0.5, 0.6) is 0 Å². The van der Waals surface area contributed by atoms with Gasteiger partial charge < -0.3 is 15.5 Å². The van der Waals surface area contributed by atoms with Crippen LogP contribution in [-0.4, -0.2) is 42.2 Å². The second-order valence-corrected chi connectivity index (χ2v) is 6.22. The van der Waals surface area contributed by atoms with E-state index in [4.69, 9.17) is 5.73 Å². The highest BCUT2D eigenvalue weighted by Gasteiger charge is 2.52. The lowest BCUT2D eigenvalue weighted by Gasteiger charge is -2.35. The maximum absolute atomic E-state index is 13.1. The molecule has 2 heterocycles. The molecule has 0 spiro atoms. The van der Waals surface area contributed by atoms with Crippen LogP contribution in [0.2, 0.25) is 0 Å². The van der Waals surface area contributed by atoms with Crippen LogP contribution in [0.1, 0.15) is 18.1 Å². The molecule has 2 aliphatic rings. The number of anilines is 1. The molecule has 1 unspecified atom stereocenters. The molecule has 2 aliphatic heterocycles. The largest absolute Gasteiger partial charge is 0.366 e. The first-order valence-corrected chi connectivity index (χ1v) is 7.95. The maximum atomic E-state index is 13.1. The van der Waals surface area contributed by atoms with E-state index in [1.165, 1.54) is 34.1 Å². The first-order valence-electron chi connectivity index (χ1n) is 7.95.